The van der Waals surface area contributed by atoms with Gasteiger partial charge >= 0.3 is 6.09 Å². The minimum atomic E-state index is -0.509. The van der Waals surface area contributed by atoms with E-state index in [0.29, 0.717) is 23.7 Å². The van der Waals surface area contributed by atoms with Gasteiger partial charge in [0.15, 0.2) is 0 Å². The molecule has 0 aliphatic heterocycles. The van der Waals surface area contributed by atoms with Gasteiger partial charge in [-0.2, -0.15) is 0 Å². The number of carbonyl (C=O) groups excluding carboxylic acids is 2. The summed E-state index contributed by atoms with van der Waals surface area (Å²) >= 11 is 3.27. The maximum absolute atomic E-state index is 11.9. The second-order valence-corrected chi connectivity index (χ2v) is 5.02. The zero-order valence-corrected chi connectivity index (χ0v) is 12.9. The van der Waals surface area contributed by atoms with Crippen molar-refractivity contribution in [3.63, 3.8) is 0 Å². The molecule has 0 unspecified atom stereocenters. The minimum Gasteiger partial charge on any atom is -0.450 e. The number of anilines is 2. The number of halogens is 1. The number of carbonyl (C=O) groups is 2. The summed E-state index contributed by atoms with van der Waals surface area (Å²) in [4.78, 5) is 26.0. The molecule has 3 N–H and O–H groups in total. The summed E-state index contributed by atoms with van der Waals surface area (Å²) in [5, 5.41) is 5.31. The van der Waals surface area contributed by atoms with Crippen LogP contribution >= 0.6 is 15.9 Å². The fourth-order valence-corrected chi connectivity index (χ4v) is 1.96. The Bertz CT molecular complexity index is 637. The topological polar surface area (TPSA) is 83.2 Å². The maximum atomic E-state index is 11.9. The first-order valence-corrected chi connectivity index (χ1v) is 7.07. The van der Waals surface area contributed by atoms with Crippen molar-refractivity contribution >= 4 is 39.3 Å². The molecule has 0 fully saturated rings. The van der Waals surface area contributed by atoms with Crippen LogP contribution in [-0.4, -0.2) is 23.6 Å². The van der Waals surface area contributed by atoms with Crippen LogP contribution in [0.15, 0.2) is 41.0 Å². The second kappa shape index (κ2) is 6.94. The molecule has 0 spiro atoms. The third-order valence-electron chi connectivity index (χ3n) is 2.56. The molecule has 7 heteroatoms. The average molecular weight is 352 g/mol. The molecule has 0 bridgehead atoms. The molecule has 2 rings (SSSR count). The van der Waals surface area contributed by atoms with Crippen LogP contribution in [0.4, 0.5) is 16.2 Å². The van der Waals surface area contributed by atoms with E-state index in [-0.39, 0.29) is 5.91 Å². The van der Waals surface area contributed by atoms with Crippen LogP contribution in [0.2, 0.25) is 0 Å². The third kappa shape index (κ3) is 4.35. The maximum Gasteiger partial charge on any atom is 0.411 e. The van der Waals surface area contributed by atoms with Gasteiger partial charge in [0.2, 0.25) is 0 Å². The molecule has 0 radical (unpaired) electrons. The monoisotopic (exact) mass is 351 g/mol. The first kappa shape index (κ1) is 15.1. The quantitative estimate of drug-likeness (QED) is 0.786. The van der Waals surface area contributed by atoms with Crippen molar-refractivity contribution in [1.29, 1.82) is 0 Å². The van der Waals surface area contributed by atoms with Crippen LogP contribution in [0, 0.1) is 0 Å². The Hall–Kier alpha value is -2.28. The zero-order chi connectivity index (χ0) is 15.2. The Morgan fingerprint density at radius 1 is 1.19 bits per heavy atom. The lowest BCUT2D eigenvalue weighted by Gasteiger charge is -2.07. The fraction of sp³-hybridized carbons (Fsp3) is 0.143. The van der Waals surface area contributed by atoms with Crippen LogP contribution in [0.3, 0.4) is 0 Å². The minimum absolute atomic E-state index is 0.244. The normalized spacial score (nSPS) is 10.0. The number of ether oxygens (including phenoxy) is 1. The Balaban J connectivity index is 1.96. The number of nitrogens with one attached hydrogen (secondary N) is 3. The van der Waals surface area contributed by atoms with Gasteiger partial charge in [0.1, 0.15) is 5.69 Å². The van der Waals surface area contributed by atoms with Crippen molar-refractivity contribution in [2.45, 2.75) is 6.92 Å². The lowest BCUT2D eigenvalue weighted by molar-refractivity contribution is 0.102. The average Bonchev–Trinajstić information content (AvgIpc) is 2.88. The van der Waals surface area contributed by atoms with Crippen LogP contribution in [0.1, 0.15) is 17.4 Å². The lowest BCUT2D eigenvalue weighted by atomic mass is 10.2. The molecule has 6 nitrogen and oxygen atoms in total. The van der Waals surface area contributed by atoms with Crippen molar-refractivity contribution in [3.05, 3.63) is 46.7 Å². The predicted octanol–water partition coefficient (Wildman–Crippen LogP) is 3.60. The number of H-pyrrole nitrogens is 1. The second-order valence-electron chi connectivity index (χ2n) is 4.11. The van der Waals surface area contributed by atoms with Crippen LogP contribution < -0.4 is 10.6 Å². The first-order valence-electron chi connectivity index (χ1n) is 6.27. The van der Waals surface area contributed by atoms with Gasteiger partial charge in [0, 0.05) is 22.0 Å². The van der Waals surface area contributed by atoms with E-state index in [1.165, 1.54) is 0 Å². The highest BCUT2D eigenvalue weighted by atomic mass is 79.9. The standard InChI is InChI=1S/C14H14BrN3O3/c1-2-21-14(20)18-11-5-3-10(4-6-11)17-13(19)12-7-9(15)8-16-12/h3-8,16H,2H2,1H3,(H,17,19)(H,18,20). The Kier molecular flexibility index (Phi) is 4.99. The number of hydrogen-bond donors (Lipinski definition) is 3. The van der Waals surface area contributed by atoms with E-state index >= 15 is 0 Å². The highest BCUT2D eigenvalue weighted by Gasteiger charge is 2.08. The van der Waals surface area contributed by atoms with Crippen LogP contribution in [0.25, 0.3) is 0 Å². The summed E-state index contributed by atoms with van der Waals surface area (Å²) in [5.74, 6) is -0.244. The molecular formula is C14H14BrN3O3. The molecule has 0 aliphatic rings. The number of hydrogen-bond acceptors (Lipinski definition) is 3. The molecule has 0 saturated carbocycles. The summed E-state index contributed by atoms with van der Waals surface area (Å²) in [6.45, 7) is 2.04. The van der Waals surface area contributed by atoms with Crippen molar-refractivity contribution in [2.24, 2.45) is 0 Å². The largest absolute Gasteiger partial charge is 0.450 e. The summed E-state index contributed by atoms with van der Waals surface area (Å²) in [7, 11) is 0. The number of aromatic amines is 1. The number of rotatable bonds is 4. The third-order valence-corrected chi connectivity index (χ3v) is 3.01. The molecule has 0 aliphatic carbocycles. The van der Waals surface area contributed by atoms with E-state index in [4.69, 9.17) is 4.74 Å². The van der Waals surface area contributed by atoms with Gasteiger partial charge in [0.25, 0.3) is 5.91 Å². The molecule has 1 heterocycles. The Morgan fingerprint density at radius 2 is 1.81 bits per heavy atom. The first-order chi connectivity index (χ1) is 10.1. The molecule has 110 valence electrons. The van der Waals surface area contributed by atoms with E-state index in [2.05, 4.69) is 31.5 Å². The predicted molar refractivity (Wildman–Crippen MR) is 83.5 cm³/mol. The van der Waals surface area contributed by atoms with Gasteiger partial charge in [-0.25, -0.2) is 4.79 Å². The van der Waals surface area contributed by atoms with Gasteiger partial charge in [-0.3, -0.25) is 10.1 Å². The van der Waals surface area contributed by atoms with Crippen molar-refractivity contribution in [2.75, 3.05) is 17.2 Å². The van der Waals surface area contributed by atoms with Crippen LogP contribution in [0.5, 0.6) is 0 Å². The highest BCUT2D eigenvalue weighted by Crippen LogP contribution is 2.16. The fourth-order valence-electron chi connectivity index (χ4n) is 1.62. The Morgan fingerprint density at radius 3 is 2.33 bits per heavy atom. The van der Waals surface area contributed by atoms with E-state index in [9.17, 15) is 9.59 Å². The molecule has 2 amide bonds. The van der Waals surface area contributed by atoms with E-state index < -0.39 is 6.09 Å². The highest BCUT2D eigenvalue weighted by molar-refractivity contribution is 9.10. The molecule has 1 aromatic carbocycles. The smallest absolute Gasteiger partial charge is 0.411 e. The van der Waals surface area contributed by atoms with E-state index in [0.717, 1.165) is 4.47 Å². The van der Waals surface area contributed by atoms with Crippen molar-refractivity contribution in [3.8, 4) is 0 Å². The molecule has 1 aromatic heterocycles. The molecule has 0 atom stereocenters. The summed E-state index contributed by atoms with van der Waals surface area (Å²) in [6.07, 6.45) is 1.17. The van der Waals surface area contributed by atoms with Crippen LogP contribution in [-0.2, 0) is 4.74 Å². The SMILES string of the molecule is CCOC(=O)Nc1ccc(NC(=O)c2cc(Br)c[nH]2)cc1. The molecule has 2 aromatic rings. The molecule has 0 saturated heterocycles. The van der Waals surface area contributed by atoms with Gasteiger partial charge in [0.05, 0.1) is 6.61 Å². The van der Waals surface area contributed by atoms with Crippen molar-refractivity contribution in [1.82, 2.24) is 4.98 Å². The van der Waals surface area contributed by atoms with Crippen molar-refractivity contribution < 1.29 is 14.3 Å². The Labute approximate surface area is 130 Å². The number of aromatic nitrogens is 1. The van der Waals surface area contributed by atoms with Gasteiger partial charge in [-0.1, -0.05) is 0 Å². The molecular weight excluding hydrogens is 338 g/mol. The van der Waals surface area contributed by atoms with E-state index in [1.807, 2.05) is 0 Å². The lowest BCUT2D eigenvalue weighted by Crippen LogP contribution is -2.14. The van der Waals surface area contributed by atoms with Gasteiger partial charge in [-0.05, 0) is 53.2 Å². The summed E-state index contributed by atoms with van der Waals surface area (Å²) < 4.78 is 5.58. The molecule has 21 heavy (non-hydrogen) atoms. The number of benzene rings is 1. The summed E-state index contributed by atoms with van der Waals surface area (Å²) in [6, 6.07) is 8.43. The van der Waals surface area contributed by atoms with Gasteiger partial charge in [-0.15, -0.1) is 0 Å². The summed E-state index contributed by atoms with van der Waals surface area (Å²) in [5.41, 5.74) is 1.67. The van der Waals surface area contributed by atoms with E-state index in [1.54, 1.807) is 43.5 Å². The van der Waals surface area contributed by atoms with Gasteiger partial charge < -0.3 is 15.0 Å². The number of amides is 2. The zero-order valence-electron chi connectivity index (χ0n) is 11.3.